The molecule has 166 valence electrons. The minimum atomic E-state index is -1.16. The Balaban J connectivity index is 2.23. The van der Waals surface area contributed by atoms with Crippen molar-refractivity contribution in [3.63, 3.8) is 0 Å². The van der Waals surface area contributed by atoms with Gasteiger partial charge in [-0.3, -0.25) is 4.79 Å². The molecule has 9 heteroatoms. The molecule has 1 aliphatic heterocycles. The van der Waals surface area contributed by atoms with E-state index in [2.05, 4.69) is 15.9 Å². The van der Waals surface area contributed by atoms with Crippen molar-refractivity contribution < 1.29 is 33.7 Å². The van der Waals surface area contributed by atoms with Gasteiger partial charge in [-0.05, 0) is 30.5 Å². The average molecular weight is 494 g/mol. The first-order valence-electron chi connectivity index (χ1n) is 9.79. The molecule has 0 bridgehead atoms. The lowest BCUT2D eigenvalue weighted by Crippen LogP contribution is -2.36. The van der Waals surface area contributed by atoms with Crippen molar-refractivity contribution in [2.24, 2.45) is 11.1 Å². The molecule has 3 rings (SSSR count). The molecule has 0 amide bonds. The topological polar surface area (TPSA) is 125 Å². The van der Waals surface area contributed by atoms with E-state index in [9.17, 15) is 14.4 Å². The normalized spacial score (nSPS) is 20.1. The van der Waals surface area contributed by atoms with Crippen LogP contribution in [-0.2, 0) is 23.9 Å². The number of ketones is 1. The quantitative estimate of drug-likeness (QED) is 0.577. The third-order valence-electron chi connectivity index (χ3n) is 5.08. The zero-order valence-corrected chi connectivity index (χ0v) is 19.1. The standard InChI is InChI=1S/C22H24BrNO7/c1-4-29-21(28)19-17(12-7-11(23)5-6-14(12)30-10-16(26)27)18-13(25)8-22(2,3)9-15(18)31-20(19)24/h5-7,17H,4,8-10,24H2,1-3H3,(H,26,27). The molecule has 0 saturated heterocycles. The van der Waals surface area contributed by atoms with Crippen molar-refractivity contribution in [3.8, 4) is 5.75 Å². The van der Waals surface area contributed by atoms with Gasteiger partial charge in [0.15, 0.2) is 12.4 Å². The monoisotopic (exact) mass is 493 g/mol. The minimum absolute atomic E-state index is 0.00747. The Morgan fingerprint density at radius 1 is 1.32 bits per heavy atom. The summed E-state index contributed by atoms with van der Waals surface area (Å²) in [6, 6.07) is 4.93. The largest absolute Gasteiger partial charge is 0.482 e. The number of rotatable bonds is 6. The van der Waals surface area contributed by atoms with Gasteiger partial charge in [-0.25, -0.2) is 9.59 Å². The summed E-state index contributed by atoms with van der Waals surface area (Å²) in [4.78, 5) is 37.1. The van der Waals surface area contributed by atoms with Crippen LogP contribution < -0.4 is 10.5 Å². The number of carbonyl (C=O) groups is 3. The number of carboxylic acids is 1. The summed E-state index contributed by atoms with van der Waals surface area (Å²) in [5, 5.41) is 9.05. The zero-order chi connectivity index (χ0) is 22.9. The SMILES string of the molecule is CCOC(=O)C1=C(N)OC2=C(C(=O)CC(C)(C)C2)C1c1cc(Br)ccc1OCC(=O)O. The van der Waals surface area contributed by atoms with Crippen molar-refractivity contribution in [3.05, 3.63) is 51.0 Å². The fourth-order valence-corrected chi connectivity index (χ4v) is 4.30. The molecular formula is C22H24BrNO7. The van der Waals surface area contributed by atoms with Crippen molar-refractivity contribution in [1.82, 2.24) is 0 Å². The molecule has 0 spiro atoms. The lowest BCUT2D eigenvalue weighted by molar-refractivity contribution is -0.140. The Labute approximate surface area is 188 Å². The number of ether oxygens (including phenoxy) is 3. The van der Waals surface area contributed by atoms with Gasteiger partial charge in [-0.2, -0.15) is 0 Å². The van der Waals surface area contributed by atoms with Gasteiger partial charge in [0.2, 0.25) is 5.88 Å². The lowest BCUT2D eigenvalue weighted by Gasteiger charge is -2.38. The molecule has 3 N–H and O–H groups in total. The van der Waals surface area contributed by atoms with E-state index < -0.39 is 24.5 Å². The smallest absolute Gasteiger partial charge is 0.341 e. The maximum atomic E-state index is 13.2. The van der Waals surface area contributed by atoms with Crippen molar-refractivity contribution in [1.29, 1.82) is 0 Å². The van der Waals surface area contributed by atoms with Crippen molar-refractivity contribution in [2.45, 2.75) is 39.5 Å². The molecule has 1 atom stereocenters. The molecule has 1 heterocycles. The van der Waals surface area contributed by atoms with E-state index in [4.69, 9.17) is 25.1 Å². The molecular weight excluding hydrogens is 470 g/mol. The van der Waals surface area contributed by atoms with Crippen LogP contribution in [0.3, 0.4) is 0 Å². The number of esters is 1. The van der Waals surface area contributed by atoms with Gasteiger partial charge in [0, 0.05) is 28.5 Å². The van der Waals surface area contributed by atoms with Crippen molar-refractivity contribution >= 4 is 33.7 Å². The summed E-state index contributed by atoms with van der Waals surface area (Å²) in [6.45, 7) is 5.09. The third kappa shape index (κ3) is 4.76. The van der Waals surface area contributed by atoms with E-state index in [-0.39, 0.29) is 41.4 Å². The number of allylic oxidation sites excluding steroid dienone is 2. The summed E-state index contributed by atoms with van der Waals surface area (Å²) in [5.74, 6) is -2.47. The molecule has 1 unspecified atom stereocenters. The Morgan fingerprint density at radius 2 is 2.03 bits per heavy atom. The minimum Gasteiger partial charge on any atom is -0.482 e. The van der Waals surface area contributed by atoms with Gasteiger partial charge in [-0.15, -0.1) is 0 Å². The van der Waals surface area contributed by atoms with E-state index in [1.54, 1.807) is 25.1 Å². The summed E-state index contributed by atoms with van der Waals surface area (Å²) in [7, 11) is 0. The summed E-state index contributed by atoms with van der Waals surface area (Å²) in [5.41, 5.74) is 6.55. The van der Waals surface area contributed by atoms with E-state index >= 15 is 0 Å². The Hall–Kier alpha value is -2.81. The summed E-state index contributed by atoms with van der Waals surface area (Å²) < 4.78 is 17.1. The number of nitrogens with two attached hydrogens (primary N) is 1. The van der Waals surface area contributed by atoms with Crippen LogP contribution in [0.2, 0.25) is 0 Å². The molecule has 0 radical (unpaired) electrons. The van der Waals surface area contributed by atoms with Crippen LogP contribution in [-0.4, -0.2) is 36.0 Å². The number of halogens is 1. The second-order valence-corrected chi connectivity index (χ2v) is 9.09. The highest BCUT2D eigenvalue weighted by Crippen LogP contribution is 2.50. The average Bonchev–Trinajstić information content (AvgIpc) is 2.64. The number of benzene rings is 1. The van der Waals surface area contributed by atoms with Gasteiger partial charge in [0.25, 0.3) is 0 Å². The first-order chi connectivity index (χ1) is 14.5. The first-order valence-corrected chi connectivity index (χ1v) is 10.6. The van der Waals surface area contributed by atoms with Crippen LogP contribution in [0.5, 0.6) is 5.75 Å². The van der Waals surface area contributed by atoms with Gasteiger partial charge in [0.05, 0.1) is 12.5 Å². The first kappa shape index (κ1) is 22.9. The van der Waals surface area contributed by atoms with E-state index in [0.717, 1.165) is 0 Å². The second kappa shape index (κ2) is 8.74. The number of hydrogen-bond donors (Lipinski definition) is 2. The molecule has 0 saturated carbocycles. The van der Waals surface area contributed by atoms with Crippen LogP contribution in [0.15, 0.2) is 45.5 Å². The number of carboxylic acid groups (broad SMARTS) is 1. The van der Waals surface area contributed by atoms with E-state index in [1.165, 1.54) is 0 Å². The number of carbonyl (C=O) groups excluding carboxylic acids is 2. The lowest BCUT2D eigenvalue weighted by atomic mass is 9.70. The molecule has 8 nitrogen and oxygen atoms in total. The number of hydrogen-bond acceptors (Lipinski definition) is 7. The van der Waals surface area contributed by atoms with Gasteiger partial charge < -0.3 is 25.1 Å². The van der Waals surface area contributed by atoms with Crippen molar-refractivity contribution in [2.75, 3.05) is 13.2 Å². The second-order valence-electron chi connectivity index (χ2n) is 8.18. The molecule has 0 fully saturated rings. The fraction of sp³-hybridized carbons (Fsp3) is 0.409. The molecule has 1 aromatic carbocycles. The van der Waals surface area contributed by atoms with E-state index in [1.807, 2.05) is 13.8 Å². The van der Waals surface area contributed by atoms with Crippen LogP contribution >= 0.6 is 15.9 Å². The van der Waals surface area contributed by atoms with Crippen LogP contribution in [0.4, 0.5) is 0 Å². The van der Waals surface area contributed by atoms with E-state index in [0.29, 0.717) is 27.8 Å². The van der Waals surface area contributed by atoms with Crippen LogP contribution in [0.25, 0.3) is 0 Å². The highest BCUT2D eigenvalue weighted by Gasteiger charge is 2.46. The maximum Gasteiger partial charge on any atom is 0.341 e. The van der Waals surface area contributed by atoms with Gasteiger partial charge in [0.1, 0.15) is 17.1 Å². The highest BCUT2D eigenvalue weighted by atomic mass is 79.9. The number of Topliss-reactive ketones (excluding diaryl/α,β-unsaturated/α-hetero) is 1. The Morgan fingerprint density at radius 3 is 2.68 bits per heavy atom. The number of aliphatic carboxylic acids is 1. The maximum absolute atomic E-state index is 13.2. The third-order valence-corrected chi connectivity index (χ3v) is 5.58. The summed E-state index contributed by atoms with van der Waals surface area (Å²) >= 11 is 3.40. The Kier molecular flexibility index (Phi) is 6.45. The molecule has 0 aromatic heterocycles. The van der Waals surface area contributed by atoms with Crippen LogP contribution in [0.1, 0.15) is 45.1 Å². The van der Waals surface area contributed by atoms with Crippen LogP contribution in [0, 0.1) is 5.41 Å². The molecule has 1 aliphatic carbocycles. The molecule has 2 aliphatic rings. The summed E-state index contributed by atoms with van der Waals surface area (Å²) in [6.07, 6.45) is 0.724. The Bertz CT molecular complexity index is 1010. The molecule has 31 heavy (non-hydrogen) atoms. The predicted octanol–water partition coefficient (Wildman–Crippen LogP) is 3.40. The predicted molar refractivity (Wildman–Crippen MR) is 114 cm³/mol. The zero-order valence-electron chi connectivity index (χ0n) is 17.5. The molecule has 1 aromatic rings. The van der Waals surface area contributed by atoms with Gasteiger partial charge >= 0.3 is 11.9 Å². The fourth-order valence-electron chi connectivity index (χ4n) is 3.92. The van der Waals surface area contributed by atoms with Gasteiger partial charge in [-0.1, -0.05) is 29.8 Å². The highest BCUT2D eigenvalue weighted by molar-refractivity contribution is 9.10.